The van der Waals surface area contributed by atoms with Gasteiger partial charge in [0.05, 0.1) is 6.61 Å². The van der Waals surface area contributed by atoms with Gasteiger partial charge in [0.25, 0.3) is 0 Å². The molecule has 0 spiro atoms. The molecule has 1 unspecified atom stereocenters. The minimum absolute atomic E-state index is 0.00526. The number of ether oxygens (including phenoxy) is 1. The molecule has 2 rings (SSSR count). The Morgan fingerprint density at radius 2 is 2.33 bits per heavy atom. The molecule has 1 aliphatic heterocycles. The molecule has 1 aromatic carbocycles. The van der Waals surface area contributed by atoms with Crippen molar-refractivity contribution in [1.29, 1.82) is 0 Å². The number of fused-ring (bicyclic) bond motifs is 1. The lowest BCUT2D eigenvalue weighted by Gasteiger charge is -2.09. The summed E-state index contributed by atoms with van der Waals surface area (Å²) in [6.07, 6.45) is 1.12. The lowest BCUT2D eigenvalue weighted by Crippen LogP contribution is -2.29. The van der Waals surface area contributed by atoms with E-state index in [2.05, 4.69) is 29.6 Å². The molecule has 1 aliphatic rings. The van der Waals surface area contributed by atoms with Crippen molar-refractivity contribution in [1.82, 2.24) is 5.32 Å². The molecule has 0 fully saturated rings. The summed E-state index contributed by atoms with van der Waals surface area (Å²) in [4.78, 5) is 11.8. The second kappa shape index (κ2) is 6.78. The van der Waals surface area contributed by atoms with Crippen LogP contribution in [0.25, 0.3) is 0 Å². The van der Waals surface area contributed by atoms with E-state index in [4.69, 9.17) is 10.5 Å². The van der Waals surface area contributed by atoms with Gasteiger partial charge in [0.15, 0.2) is 0 Å². The molecule has 3 N–H and O–H groups in total. The number of thioether (sulfide) groups is 1. The van der Waals surface area contributed by atoms with Gasteiger partial charge in [-0.3, -0.25) is 4.79 Å². The lowest BCUT2D eigenvalue weighted by molar-refractivity contribution is -0.122. The molecule has 5 heteroatoms. The first kappa shape index (κ1) is 13.4. The van der Waals surface area contributed by atoms with E-state index in [0.717, 1.165) is 19.5 Å². The zero-order valence-corrected chi connectivity index (χ0v) is 11.0. The van der Waals surface area contributed by atoms with Crippen molar-refractivity contribution < 1.29 is 9.53 Å². The highest BCUT2D eigenvalue weighted by molar-refractivity contribution is 8.00. The van der Waals surface area contributed by atoms with E-state index in [-0.39, 0.29) is 6.61 Å². The second-order valence-electron chi connectivity index (χ2n) is 4.27. The minimum atomic E-state index is -0.420. The van der Waals surface area contributed by atoms with Crippen molar-refractivity contribution in [3.8, 4) is 0 Å². The first-order valence-corrected chi connectivity index (χ1v) is 6.95. The Morgan fingerprint density at radius 1 is 1.50 bits per heavy atom. The first-order chi connectivity index (χ1) is 8.75. The van der Waals surface area contributed by atoms with E-state index in [1.54, 1.807) is 0 Å². The van der Waals surface area contributed by atoms with Gasteiger partial charge in [-0.05, 0) is 18.1 Å². The zero-order chi connectivity index (χ0) is 12.8. The van der Waals surface area contributed by atoms with Gasteiger partial charge in [-0.15, -0.1) is 11.8 Å². The monoisotopic (exact) mass is 266 g/mol. The molecule has 1 heterocycles. The van der Waals surface area contributed by atoms with Gasteiger partial charge >= 0.3 is 0 Å². The van der Waals surface area contributed by atoms with Crippen LogP contribution in [0.15, 0.2) is 29.2 Å². The quantitative estimate of drug-likeness (QED) is 0.716. The van der Waals surface area contributed by atoms with Gasteiger partial charge in [0.2, 0.25) is 5.91 Å². The summed E-state index contributed by atoms with van der Waals surface area (Å²) in [6.45, 7) is 2.23. The van der Waals surface area contributed by atoms with Crippen LogP contribution in [0.3, 0.4) is 0 Å². The second-order valence-corrected chi connectivity index (χ2v) is 5.62. The SMILES string of the molecule is NC(=O)COCCNCC1Cc2ccccc2S1. The maximum atomic E-state index is 10.4. The van der Waals surface area contributed by atoms with Crippen molar-refractivity contribution in [3.05, 3.63) is 29.8 Å². The third kappa shape index (κ3) is 4.01. The molecular weight excluding hydrogens is 248 g/mol. The average molecular weight is 266 g/mol. The highest BCUT2D eigenvalue weighted by Crippen LogP contribution is 2.36. The molecule has 1 aromatic rings. The van der Waals surface area contributed by atoms with Crippen molar-refractivity contribution in [3.63, 3.8) is 0 Å². The van der Waals surface area contributed by atoms with Gasteiger partial charge in [0, 0.05) is 23.2 Å². The fourth-order valence-electron chi connectivity index (χ4n) is 1.95. The van der Waals surface area contributed by atoms with Gasteiger partial charge in [-0.2, -0.15) is 0 Å². The standard InChI is InChI=1S/C13H18N2O2S/c14-13(16)9-17-6-5-15-8-11-7-10-3-1-2-4-12(10)18-11/h1-4,11,15H,5-9H2,(H2,14,16). The van der Waals surface area contributed by atoms with Gasteiger partial charge in [0.1, 0.15) is 6.61 Å². The van der Waals surface area contributed by atoms with Crippen LogP contribution in [-0.4, -0.2) is 37.5 Å². The number of nitrogens with one attached hydrogen (secondary N) is 1. The number of hydrogen-bond donors (Lipinski definition) is 2. The minimum Gasteiger partial charge on any atom is -0.370 e. The van der Waals surface area contributed by atoms with Crippen LogP contribution in [0.1, 0.15) is 5.56 Å². The van der Waals surface area contributed by atoms with Crippen LogP contribution in [-0.2, 0) is 16.0 Å². The molecule has 0 radical (unpaired) electrons. The molecule has 1 amide bonds. The smallest absolute Gasteiger partial charge is 0.243 e. The summed E-state index contributed by atoms with van der Waals surface area (Å²) in [5.74, 6) is -0.420. The maximum absolute atomic E-state index is 10.4. The summed E-state index contributed by atoms with van der Waals surface area (Å²) in [5.41, 5.74) is 6.41. The number of carbonyl (C=O) groups excluding carboxylic acids is 1. The van der Waals surface area contributed by atoms with Crippen LogP contribution >= 0.6 is 11.8 Å². The molecule has 1 atom stereocenters. The highest BCUT2D eigenvalue weighted by atomic mass is 32.2. The predicted molar refractivity (Wildman–Crippen MR) is 72.7 cm³/mol. The molecule has 0 aliphatic carbocycles. The fraction of sp³-hybridized carbons (Fsp3) is 0.462. The highest BCUT2D eigenvalue weighted by Gasteiger charge is 2.20. The Kier molecular flexibility index (Phi) is 5.04. The van der Waals surface area contributed by atoms with Crippen molar-refractivity contribution >= 4 is 17.7 Å². The number of primary amides is 1. The van der Waals surface area contributed by atoms with E-state index in [0.29, 0.717) is 11.9 Å². The van der Waals surface area contributed by atoms with Gasteiger partial charge in [-0.1, -0.05) is 18.2 Å². The van der Waals surface area contributed by atoms with Crippen LogP contribution in [0, 0.1) is 0 Å². The Morgan fingerprint density at radius 3 is 3.11 bits per heavy atom. The number of amides is 1. The molecule has 0 saturated carbocycles. The van der Waals surface area contributed by atoms with Crippen LogP contribution in [0.4, 0.5) is 0 Å². The van der Waals surface area contributed by atoms with E-state index in [9.17, 15) is 4.79 Å². The number of carbonyl (C=O) groups is 1. The summed E-state index contributed by atoms with van der Waals surface area (Å²) in [6, 6.07) is 8.54. The van der Waals surface area contributed by atoms with Crippen molar-refractivity contribution in [2.24, 2.45) is 5.73 Å². The molecule has 18 heavy (non-hydrogen) atoms. The number of benzene rings is 1. The predicted octanol–water partition coefficient (Wildman–Crippen LogP) is 0.795. The van der Waals surface area contributed by atoms with Crippen LogP contribution in [0.2, 0.25) is 0 Å². The van der Waals surface area contributed by atoms with E-state index >= 15 is 0 Å². The summed E-state index contributed by atoms with van der Waals surface area (Å²) < 4.78 is 5.08. The van der Waals surface area contributed by atoms with Crippen LogP contribution in [0.5, 0.6) is 0 Å². The topological polar surface area (TPSA) is 64.4 Å². The normalized spacial score (nSPS) is 17.7. The molecule has 0 saturated heterocycles. The molecular formula is C13H18N2O2S. The van der Waals surface area contributed by atoms with Crippen molar-refractivity contribution in [2.75, 3.05) is 26.3 Å². The van der Waals surface area contributed by atoms with E-state index in [1.807, 2.05) is 11.8 Å². The third-order valence-corrected chi connectivity index (χ3v) is 4.07. The number of rotatable bonds is 7. The third-order valence-electron chi connectivity index (χ3n) is 2.75. The Hall–Kier alpha value is -1.04. The maximum Gasteiger partial charge on any atom is 0.243 e. The summed E-state index contributed by atoms with van der Waals surface area (Å²) in [5, 5.41) is 3.93. The van der Waals surface area contributed by atoms with Gasteiger partial charge < -0.3 is 15.8 Å². The Bertz CT molecular complexity index is 387. The van der Waals surface area contributed by atoms with Crippen LogP contribution < -0.4 is 11.1 Å². The number of nitrogens with two attached hydrogens (primary N) is 1. The molecule has 98 valence electrons. The summed E-state index contributed by atoms with van der Waals surface area (Å²) in [7, 11) is 0. The summed E-state index contributed by atoms with van der Waals surface area (Å²) >= 11 is 1.93. The molecule has 0 aromatic heterocycles. The van der Waals surface area contributed by atoms with E-state index in [1.165, 1.54) is 10.5 Å². The fourth-order valence-corrected chi connectivity index (χ4v) is 3.23. The molecule has 0 bridgehead atoms. The van der Waals surface area contributed by atoms with Crippen molar-refractivity contribution in [2.45, 2.75) is 16.6 Å². The largest absolute Gasteiger partial charge is 0.370 e. The number of hydrogen-bond acceptors (Lipinski definition) is 4. The average Bonchev–Trinajstić information content (AvgIpc) is 2.75. The zero-order valence-electron chi connectivity index (χ0n) is 10.2. The molecule has 4 nitrogen and oxygen atoms in total. The first-order valence-electron chi connectivity index (χ1n) is 6.07. The Labute approximate surface area is 111 Å². The lowest BCUT2D eigenvalue weighted by atomic mass is 10.1. The van der Waals surface area contributed by atoms with Gasteiger partial charge in [-0.25, -0.2) is 0 Å². The van der Waals surface area contributed by atoms with E-state index < -0.39 is 5.91 Å². The Balaban J connectivity index is 1.58.